The van der Waals surface area contributed by atoms with E-state index in [1.165, 1.54) is 10.5 Å². The molecule has 12 nitrogen and oxygen atoms in total. The van der Waals surface area contributed by atoms with Crippen LogP contribution in [0, 0.1) is 18.3 Å². The van der Waals surface area contributed by atoms with Crippen LogP contribution in [0.5, 0.6) is 0 Å². The zero-order valence-corrected chi connectivity index (χ0v) is 40.6. The van der Waals surface area contributed by atoms with E-state index in [2.05, 4.69) is 62.1 Å². The Morgan fingerprint density at radius 2 is 1.65 bits per heavy atom. The number of aliphatic hydroxyl groups is 1. The lowest BCUT2D eigenvalue weighted by molar-refractivity contribution is -0.145. The molecular formula is C52H62ClN7O5S. The van der Waals surface area contributed by atoms with Gasteiger partial charge in [0.05, 0.1) is 55.3 Å². The lowest BCUT2D eigenvalue weighted by Crippen LogP contribution is -2.58. The molecule has 9 rings (SSSR count). The van der Waals surface area contributed by atoms with Gasteiger partial charge in [-0.2, -0.15) is 4.98 Å². The molecule has 1 aliphatic carbocycles. The first-order valence-corrected chi connectivity index (χ1v) is 24.9. The van der Waals surface area contributed by atoms with Crippen LogP contribution in [0.2, 0.25) is 5.02 Å². The number of nitrogens with one attached hydrogen (secondary N) is 2. The summed E-state index contributed by atoms with van der Waals surface area (Å²) in [5.74, 6) is 0.137. The van der Waals surface area contributed by atoms with Crippen LogP contribution >= 0.6 is 22.9 Å². The van der Waals surface area contributed by atoms with E-state index in [-0.39, 0.29) is 48.2 Å². The molecule has 1 saturated carbocycles. The average Bonchev–Trinajstić information content (AvgIpc) is 3.98. The molecule has 3 N–H and O–H groups in total. The maximum Gasteiger partial charge on any atom is 0.282 e. The summed E-state index contributed by atoms with van der Waals surface area (Å²) in [6.45, 7) is 15.9. The second-order valence-electron chi connectivity index (χ2n) is 20.7. The molecule has 5 heterocycles. The average molecular weight is 933 g/mol. The van der Waals surface area contributed by atoms with Crippen molar-refractivity contribution < 1.29 is 19.5 Å². The summed E-state index contributed by atoms with van der Waals surface area (Å²) in [4.78, 5) is 69.4. The Labute approximate surface area is 396 Å². The fourth-order valence-electron chi connectivity index (χ4n) is 11.1. The molecule has 4 atom stereocenters. The molecule has 3 fully saturated rings. The van der Waals surface area contributed by atoms with Crippen LogP contribution in [0.3, 0.4) is 0 Å². The molecule has 14 heteroatoms. The summed E-state index contributed by atoms with van der Waals surface area (Å²) < 4.78 is 2.13. The fourth-order valence-corrected chi connectivity index (χ4v) is 12.2. The Balaban J connectivity index is 0.797. The number of hydrogen-bond donors (Lipinski definition) is 3. The number of aromatic nitrogens is 3. The summed E-state index contributed by atoms with van der Waals surface area (Å²) in [5, 5.41) is 17.9. The van der Waals surface area contributed by atoms with Crippen molar-refractivity contribution in [3.05, 3.63) is 110 Å². The van der Waals surface area contributed by atoms with Crippen molar-refractivity contribution in [3.8, 4) is 16.1 Å². The standard InChI is InChI=1S/C52H62ClN7O5S/c1-29(31-11-13-33(14-12-31)44-30(2)54-28-66-44)55-47(63)42-26-37(61)27-59(42)49(65)45(51(3,4)5)56-46(62)34-15-18-36(19-16-34)58-23-21-32(22-24-58)35-17-20-38-41(25-35)60-40-10-8-9-39(53)43(40)48(64)57-50(60)52(38,6)7/h8-14,17,20,25,28-29,32,34,36-37,42,45,61H,15-16,18-19,21-24,26-27H2,1-7H3,(H,55,63)(H,56,62)/t29-,34?,36?,37+,42-,45+/m0/s1. The molecule has 3 aromatic carbocycles. The molecule has 0 spiro atoms. The zero-order chi connectivity index (χ0) is 46.8. The smallest absolute Gasteiger partial charge is 0.282 e. The van der Waals surface area contributed by atoms with Crippen LogP contribution in [0.4, 0.5) is 0 Å². The summed E-state index contributed by atoms with van der Waals surface area (Å²) in [6, 6.07) is 18.8. The lowest BCUT2D eigenvalue weighted by atomic mass is 9.81. The van der Waals surface area contributed by atoms with Crippen molar-refractivity contribution in [3.63, 3.8) is 0 Å². The van der Waals surface area contributed by atoms with Crippen molar-refractivity contribution in [2.45, 2.75) is 135 Å². The van der Waals surface area contributed by atoms with Gasteiger partial charge in [-0.3, -0.25) is 23.7 Å². The molecule has 5 aromatic rings. The van der Waals surface area contributed by atoms with Gasteiger partial charge in [0.25, 0.3) is 5.56 Å². The maximum absolute atomic E-state index is 14.4. The number of carbonyl (C=O) groups is 3. The Morgan fingerprint density at radius 3 is 2.32 bits per heavy atom. The summed E-state index contributed by atoms with van der Waals surface area (Å²) in [6.07, 6.45) is 4.66. The van der Waals surface area contributed by atoms with E-state index in [4.69, 9.17) is 11.6 Å². The first-order chi connectivity index (χ1) is 31.4. The van der Waals surface area contributed by atoms with Gasteiger partial charge in [-0.15, -0.1) is 11.3 Å². The summed E-state index contributed by atoms with van der Waals surface area (Å²) in [7, 11) is 0. The van der Waals surface area contributed by atoms with Gasteiger partial charge in [0.2, 0.25) is 17.7 Å². The highest BCUT2D eigenvalue weighted by Crippen LogP contribution is 2.45. The fraction of sp³-hybridized carbons (Fsp3) is 0.500. The number of aryl methyl sites for hydroxylation is 1. The van der Waals surface area contributed by atoms with E-state index in [1.807, 2.05) is 76.5 Å². The Bertz CT molecular complexity index is 2730. The van der Waals surface area contributed by atoms with Crippen molar-refractivity contribution in [1.82, 2.24) is 35.0 Å². The molecule has 0 bridgehead atoms. The highest BCUT2D eigenvalue weighted by molar-refractivity contribution is 7.13. The second kappa shape index (κ2) is 17.9. The molecule has 0 unspecified atom stereocenters. The predicted molar refractivity (Wildman–Crippen MR) is 260 cm³/mol. The van der Waals surface area contributed by atoms with E-state index in [9.17, 15) is 24.3 Å². The minimum atomic E-state index is -0.864. The number of halogens is 1. The zero-order valence-electron chi connectivity index (χ0n) is 39.1. The number of piperidine rings is 1. The Morgan fingerprint density at radius 1 is 0.939 bits per heavy atom. The van der Waals surface area contributed by atoms with Crippen molar-refractivity contribution in [2.24, 2.45) is 11.3 Å². The van der Waals surface area contributed by atoms with Gasteiger partial charge >= 0.3 is 0 Å². The van der Waals surface area contributed by atoms with Crippen LogP contribution in [0.25, 0.3) is 27.0 Å². The largest absolute Gasteiger partial charge is 0.391 e. The lowest BCUT2D eigenvalue weighted by Gasteiger charge is -2.41. The summed E-state index contributed by atoms with van der Waals surface area (Å²) in [5.41, 5.74) is 7.74. The first kappa shape index (κ1) is 46.2. The SMILES string of the molecule is Cc1ncsc1-c1ccc([C@H](C)NC(=O)[C@@H]2C[C@@H](O)CN2C(=O)[C@@H](NC(=O)C2CCC(N3CCC(c4ccc5c(c4)-n4c(nc(=O)c6c(Cl)cccc64)C5(C)C)CC3)CC2)C(C)(C)C)cc1. The number of benzene rings is 3. The summed E-state index contributed by atoms with van der Waals surface area (Å²) >= 11 is 8.12. The highest BCUT2D eigenvalue weighted by atomic mass is 35.5. The number of nitrogens with zero attached hydrogens (tertiary/aromatic N) is 5. The number of hydrogen-bond acceptors (Lipinski definition) is 9. The Hall–Kier alpha value is -4.95. The van der Waals surface area contributed by atoms with Crippen LogP contribution in [-0.2, 0) is 19.8 Å². The van der Waals surface area contributed by atoms with Gasteiger partial charge in [0.1, 0.15) is 17.9 Å². The number of aliphatic hydroxyl groups excluding tert-OH is 1. The van der Waals surface area contributed by atoms with Gasteiger partial charge in [-0.05, 0) is 131 Å². The normalized spacial score (nSPS) is 23.0. The van der Waals surface area contributed by atoms with E-state index in [0.29, 0.717) is 22.4 Å². The van der Waals surface area contributed by atoms with Crippen LogP contribution in [0.1, 0.15) is 127 Å². The first-order valence-electron chi connectivity index (χ1n) is 23.6. The van der Waals surface area contributed by atoms with Gasteiger partial charge in [-0.1, -0.05) is 74.8 Å². The van der Waals surface area contributed by atoms with Gasteiger partial charge in [-0.25, -0.2) is 4.98 Å². The van der Waals surface area contributed by atoms with E-state index < -0.39 is 29.0 Å². The molecule has 4 aliphatic rings. The molecule has 66 heavy (non-hydrogen) atoms. The molecule has 3 amide bonds. The van der Waals surface area contributed by atoms with E-state index in [0.717, 1.165) is 95.9 Å². The third kappa shape index (κ3) is 8.61. The molecule has 2 aromatic heterocycles. The number of thiazole rings is 1. The van der Waals surface area contributed by atoms with Crippen LogP contribution in [0.15, 0.2) is 71.0 Å². The predicted octanol–water partition coefficient (Wildman–Crippen LogP) is 8.22. The van der Waals surface area contributed by atoms with Gasteiger partial charge in [0.15, 0.2) is 0 Å². The van der Waals surface area contributed by atoms with E-state index in [1.54, 1.807) is 17.4 Å². The number of amides is 3. The molecule has 0 radical (unpaired) electrons. The second-order valence-corrected chi connectivity index (χ2v) is 22.0. The third-order valence-corrected chi connectivity index (χ3v) is 16.3. The van der Waals surface area contributed by atoms with E-state index >= 15 is 0 Å². The monoisotopic (exact) mass is 931 g/mol. The quantitative estimate of drug-likeness (QED) is 0.134. The number of carbonyl (C=O) groups excluding carboxylic acids is 3. The number of β-amino-alcohol motifs (C(OH)–C–C–N with tert-alkyl or cyclic N) is 1. The van der Waals surface area contributed by atoms with Crippen molar-refractivity contribution in [1.29, 1.82) is 0 Å². The third-order valence-electron chi connectivity index (χ3n) is 15.0. The minimum Gasteiger partial charge on any atom is -0.391 e. The number of likely N-dealkylation sites (tertiary alicyclic amines) is 2. The highest BCUT2D eigenvalue weighted by Gasteiger charge is 2.46. The topological polar surface area (TPSA) is 150 Å². The number of rotatable bonds is 9. The maximum atomic E-state index is 14.4. The van der Waals surface area contributed by atoms with Crippen LogP contribution < -0.4 is 16.2 Å². The van der Waals surface area contributed by atoms with Crippen LogP contribution in [-0.4, -0.2) is 91.0 Å². The van der Waals surface area contributed by atoms with Gasteiger partial charge in [0, 0.05) is 24.9 Å². The van der Waals surface area contributed by atoms with Crippen molar-refractivity contribution in [2.75, 3.05) is 19.6 Å². The minimum absolute atomic E-state index is 0.0311. The molecular weight excluding hydrogens is 870 g/mol. The molecule has 2 saturated heterocycles. The Kier molecular flexibility index (Phi) is 12.5. The van der Waals surface area contributed by atoms with Crippen molar-refractivity contribution >= 4 is 51.6 Å². The number of fused-ring (bicyclic) bond motifs is 5. The molecule has 348 valence electrons. The van der Waals surface area contributed by atoms with Gasteiger partial charge < -0.3 is 25.5 Å². The molecule has 3 aliphatic heterocycles.